The van der Waals surface area contributed by atoms with E-state index >= 15 is 0 Å². The SMILES string of the molecule is Cc1ccc(OCC(=O)N/N=C/c2cc(Br)cc(Cl)c2O)cc1C. The lowest BCUT2D eigenvalue weighted by molar-refractivity contribution is -0.123. The number of benzene rings is 2. The fraction of sp³-hybridized carbons (Fsp3) is 0.176. The van der Waals surface area contributed by atoms with Crippen LogP contribution in [0.5, 0.6) is 11.5 Å². The second-order valence-corrected chi connectivity index (χ2v) is 6.48. The van der Waals surface area contributed by atoms with Crippen molar-refractivity contribution < 1.29 is 14.6 Å². The average Bonchev–Trinajstić information content (AvgIpc) is 2.53. The van der Waals surface area contributed by atoms with Crippen LogP contribution in [0.3, 0.4) is 0 Å². The smallest absolute Gasteiger partial charge is 0.277 e. The van der Waals surface area contributed by atoms with Crippen molar-refractivity contribution in [1.82, 2.24) is 5.43 Å². The molecule has 0 unspecified atom stereocenters. The topological polar surface area (TPSA) is 70.9 Å². The summed E-state index contributed by atoms with van der Waals surface area (Å²) < 4.78 is 6.10. The number of rotatable bonds is 5. The Kier molecular flexibility index (Phi) is 6.23. The van der Waals surface area contributed by atoms with Gasteiger partial charge in [0.05, 0.1) is 11.2 Å². The van der Waals surface area contributed by atoms with Gasteiger partial charge in [0.25, 0.3) is 5.91 Å². The Morgan fingerprint density at radius 1 is 1.33 bits per heavy atom. The molecular weight excluding hydrogens is 396 g/mol. The number of phenols is 1. The summed E-state index contributed by atoms with van der Waals surface area (Å²) in [6.45, 7) is 3.82. The monoisotopic (exact) mass is 410 g/mol. The van der Waals surface area contributed by atoms with Gasteiger partial charge in [-0.1, -0.05) is 33.6 Å². The van der Waals surface area contributed by atoms with E-state index in [1.807, 2.05) is 26.0 Å². The van der Waals surface area contributed by atoms with Crippen LogP contribution in [0.1, 0.15) is 16.7 Å². The van der Waals surface area contributed by atoms with Crippen LogP contribution in [0, 0.1) is 13.8 Å². The second kappa shape index (κ2) is 8.17. The lowest BCUT2D eigenvalue weighted by Gasteiger charge is -2.07. The summed E-state index contributed by atoms with van der Waals surface area (Å²) in [6, 6.07) is 8.79. The van der Waals surface area contributed by atoms with Crippen LogP contribution in [-0.4, -0.2) is 23.8 Å². The molecule has 5 nitrogen and oxygen atoms in total. The molecule has 0 saturated carbocycles. The molecule has 24 heavy (non-hydrogen) atoms. The first kappa shape index (κ1) is 18.3. The molecule has 0 fully saturated rings. The van der Waals surface area contributed by atoms with Crippen LogP contribution in [-0.2, 0) is 4.79 Å². The van der Waals surface area contributed by atoms with Gasteiger partial charge in [-0.05, 0) is 49.2 Å². The maximum atomic E-state index is 11.7. The number of halogens is 2. The lowest BCUT2D eigenvalue weighted by Crippen LogP contribution is -2.24. The minimum Gasteiger partial charge on any atom is -0.506 e. The zero-order valence-electron chi connectivity index (χ0n) is 13.1. The zero-order chi connectivity index (χ0) is 17.7. The first-order chi connectivity index (χ1) is 11.4. The maximum absolute atomic E-state index is 11.7. The maximum Gasteiger partial charge on any atom is 0.277 e. The minimum atomic E-state index is -0.412. The largest absolute Gasteiger partial charge is 0.506 e. The van der Waals surface area contributed by atoms with Gasteiger partial charge >= 0.3 is 0 Å². The standard InChI is InChI=1S/C17H16BrClN2O3/c1-10-3-4-14(5-11(10)2)24-9-16(22)21-20-8-12-6-13(18)7-15(19)17(12)23/h3-8,23H,9H2,1-2H3,(H,21,22)/b20-8+. The molecule has 1 amide bonds. The molecule has 0 bridgehead atoms. The fourth-order valence-electron chi connectivity index (χ4n) is 1.84. The molecule has 0 aliphatic rings. The van der Waals surface area contributed by atoms with Crippen molar-refractivity contribution in [3.63, 3.8) is 0 Å². The van der Waals surface area contributed by atoms with Gasteiger partial charge in [0.1, 0.15) is 11.5 Å². The summed E-state index contributed by atoms with van der Waals surface area (Å²) in [5.41, 5.74) is 4.96. The van der Waals surface area contributed by atoms with Crippen LogP contribution >= 0.6 is 27.5 Å². The number of phenolic OH excluding ortho intramolecular Hbond substituents is 1. The minimum absolute atomic E-state index is 0.107. The summed E-state index contributed by atoms with van der Waals surface area (Å²) in [4.78, 5) is 11.7. The Morgan fingerprint density at radius 3 is 2.79 bits per heavy atom. The lowest BCUT2D eigenvalue weighted by atomic mass is 10.1. The molecule has 126 valence electrons. The number of carbonyl (C=O) groups is 1. The normalized spacial score (nSPS) is 10.8. The van der Waals surface area contributed by atoms with Gasteiger partial charge in [0, 0.05) is 10.0 Å². The number of amides is 1. The Labute approximate surface area is 153 Å². The van der Waals surface area contributed by atoms with Crippen molar-refractivity contribution in [2.24, 2.45) is 5.10 Å². The van der Waals surface area contributed by atoms with Crippen LogP contribution < -0.4 is 10.2 Å². The highest BCUT2D eigenvalue weighted by Crippen LogP contribution is 2.30. The van der Waals surface area contributed by atoms with E-state index in [0.29, 0.717) is 15.8 Å². The third-order valence-corrected chi connectivity index (χ3v) is 4.04. The number of carbonyl (C=O) groups excluding carboxylic acids is 1. The summed E-state index contributed by atoms with van der Waals surface area (Å²) in [5.74, 6) is 0.1000. The molecule has 7 heteroatoms. The van der Waals surface area contributed by atoms with Gasteiger partial charge in [-0.3, -0.25) is 4.79 Å². The van der Waals surface area contributed by atoms with Gasteiger partial charge in [0.15, 0.2) is 6.61 Å². The van der Waals surface area contributed by atoms with Gasteiger partial charge in [-0.2, -0.15) is 5.10 Å². The number of hydrazone groups is 1. The van der Waals surface area contributed by atoms with E-state index in [2.05, 4.69) is 26.5 Å². The predicted molar refractivity (Wildman–Crippen MR) is 98.0 cm³/mol. The number of ether oxygens (including phenoxy) is 1. The van der Waals surface area contributed by atoms with Crippen molar-refractivity contribution >= 4 is 39.7 Å². The number of hydrogen-bond acceptors (Lipinski definition) is 4. The quantitative estimate of drug-likeness (QED) is 0.578. The van der Waals surface area contributed by atoms with Crippen LogP contribution in [0.25, 0.3) is 0 Å². The molecule has 0 atom stereocenters. The van der Waals surface area contributed by atoms with Crippen molar-refractivity contribution in [2.45, 2.75) is 13.8 Å². The van der Waals surface area contributed by atoms with Crippen LogP contribution in [0.15, 0.2) is 39.9 Å². The van der Waals surface area contributed by atoms with Crippen molar-refractivity contribution in [1.29, 1.82) is 0 Å². The highest BCUT2D eigenvalue weighted by Gasteiger charge is 2.06. The third-order valence-electron chi connectivity index (χ3n) is 3.30. The van der Waals surface area contributed by atoms with E-state index in [4.69, 9.17) is 16.3 Å². The molecule has 2 rings (SSSR count). The number of aromatic hydroxyl groups is 1. The molecule has 2 aromatic rings. The van der Waals surface area contributed by atoms with Crippen molar-refractivity contribution in [3.05, 3.63) is 56.5 Å². The van der Waals surface area contributed by atoms with Crippen LogP contribution in [0.2, 0.25) is 5.02 Å². The number of nitrogens with zero attached hydrogens (tertiary/aromatic N) is 1. The highest BCUT2D eigenvalue weighted by atomic mass is 79.9. The third kappa shape index (κ3) is 4.97. The molecule has 0 aromatic heterocycles. The van der Waals surface area contributed by atoms with E-state index in [1.54, 1.807) is 18.2 Å². The van der Waals surface area contributed by atoms with Gasteiger partial charge in [-0.15, -0.1) is 0 Å². The van der Waals surface area contributed by atoms with Gasteiger partial charge in [-0.25, -0.2) is 5.43 Å². The van der Waals surface area contributed by atoms with E-state index in [1.165, 1.54) is 6.21 Å². The number of nitrogens with one attached hydrogen (secondary N) is 1. The molecule has 0 spiro atoms. The van der Waals surface area contributed by atoms with E-state index in [0.717, 1.165) is 11.1 Å². The Hall–Kier alpha value is -2.05. The Bertz CT molecular complexity index is 794. The zero-order valence-corrected chi connectivity index (χ0v) is 15.5. The average molecular weight is 412 g/mol. The molecule has 2 N–H and O–H groups in total. The van der Waals surface area contributed by atoms with Crippen molar-refractivity contribution in [2.75, 3.05) is 6.61 Å². The van der Waals surface area contributed by atoms with Gasteiger partial charge in [0.2, 0.25) is 0 Å². The molecular formula is C17H16BrClN2O3. The van der Waals surface area contributed by atoms with Crippen LogP contribution in [0.4, 0.5) is 0 Å². The molecule has 0 aliphatic carbocycles. The number of hydrogen-bond donors (Lipinski definition) is 2. The summed E-state index contributed by atoms with van der Waals surface area (Å²) in [6.07, 6.45) is 1.31. The molecule has 2 aromatic carbocycles. The summed E-state index contributed by atoms with van der Waals surface area (Å²) in [7, 11) is 0. The Balaban J connectivity index is 1.90. The molecule has 0 heterocycles. The van der Waals surface area contributed by atoms with Crippen molar-refractivity contribution in [3.8, 4) is 11.5 Å². The molecule has 0 aliphatic heterocycles. The summed E-state index contributed by atoms with van der Waals surface area (Å²) >= 11 is 9.12. The van der Waals surface area contributed by atoms with E-state index in [-0.39, 0.29) is 17.4 Å². The van der Waals surface area contributed by atoms with E-state index < -0.39 is 5.91 Å². The highest BCUT2D eigenvalue weighted by molar-refractivity contribution is 9.10. The first-order valence-corrected chi connectivity index (χ1v) is 8.24. The second-order valence-electron chi connectivity index (χ2n) is 5.15. The predicted octanol–water partition coefficient (Wildman–Crippen LogP) is 3.95. The molecule has 0 radical (unpaired) electrons. The Morgan fingerprint density at radius 2 is 2.08 bits per heavy atom. The van der Waals surface area contributed by atoms with Gasteiger partial charge < -0.3 is 9.84 Å². The first-order valence-electron chi connectivity index (χ1n) is 7.07. The van der Waals surface area contributed by atoms with E-state index in [9.17, 15) is 9.90 Å². The molecule has 0 saturated heterocycles. The summed E-state index contributed by atoms with van der Waals surface area (Å²) in [5, 5.41) is 13.8. The fourth-order valence-corrected chi connectivity index (χ4v) is 2.68. The number of aryl methyl sites for hydroxylation is 2.